The van der Waals surface area contributed by atoms with Gasteiger partial charge in [-0.2, -0.15) is 0 Å². The number of hydrogen-bond donors (Lipinski definition) is 4. The third-order valence-corrected chi connectivity index (χ3v) is 8.80. The Hall–Kier alpha value is -2.82. The third kappa shape index (κ3) is 9.34. The van der Waals surface area contributed by atoms with Gasteiger partial charge in [0.1, 0.15) is 12.1 Å². The number of nitrogens with one attached hydrogen (secondary N) is 3. The monoisotopic (exact) mass is 599 g/mol. The van der Waals surface area contributed by atoms with Gasteiger partial charge >= 0.3 is 0 Å². The molecule has 9 nitrogen and oxygen atoms in total. The zero-order valence-electron chi connectivity index (χ0n) is 26.0. The Morgan fingerprint density at radius 1 is 1.10 bits per heavy atom. The number of aliphatic hydroxyl groups is 1. The van der Waals surface area contributed by atoms with Gasteiger partial charge in [-0.3, -0.25) is 14.4 Å². The summed E-state index contributed by atoms with van der Waals surface area (Å²) in [7, 11) is 0. The molecular weight excluding hydrogens is 550 g/mol. The van der Waals surface area contributed by atoms with Crippen molar-refractivity contribution >= 4 is 29.1 Å². The molecule has 4 atom stereocenters. The van der Waals surface area contributed by atoms with Gasteiger partial charge in [0.15, 0.2) is 0 Å². The topological polar surface area (TPSA) is 124 Å². The van der Waals surface area contributed by atoms with Crippen molar-refractivity contribution in [3.63, 3.8) is 0 Å². The Bertz CT molecular complexity index is 1180. The molecule has 10 heteroatoms. The fourth-order valence-corrected chi connectivity index (χ4v) is 6.13. The molecule has 0 spiro atoms. The Kier molecular flexibility index (Phi) is 12.5. The van der Waals surface area contributed by atoms with Crippen LogP contribution in [0.1, 0.15) is 90.4 Å². The molecule has 3 amide bonds. The molecule has 1 aliphatic rings. The maximum absolute atomic E-state index is 13.8. The molecule has 2 aromatic rings. The fraction of sp³-hybridized carbons (Fsp3) is 0.625. The molecule has 1 aromatic heterocycles. The molecule has 4 unspecified atom stereocenters. The normalized spacial score (nSPS) is 18.5. The largest absolute Gasteiger partial charge is 0.391 e. The van der Waals surface area contributed by atoms with Gasteiger partial charge in [-0.25, -0.2) is 4.98 Å². The number of rotatable bonds is 14. The zero-order chi connectivity index (χ0) is 30.9. The molecule has 1 fully saturated rings. The van der Waals surface area contributed by atoms with Crippen molar-refractivity contribution in [3.05, 3.63) is 41.0 Å². The van der Waals surface area contributed by atoms with Gasteiger partial charge in [-0.1, -0.05) is 64.8 Å². The third-order valence-electron chi connectivity index (χ3n) is 7.82. The van der Waals surface area contributed by atoms with Crippen molar-refractivity contribution in [2.24, 2.45) is 5.41 Å². The lowest BCUT2D eigenvalue weighted by Gasteiger charge is -2.35. The minimum absolute atomic E-state index is 0.0580. The number of aryl methyl sites for hydroxylation is 1. The summed E-state index contributed by atoms with van der Waals surface area (Å²) >= 11 is 1.59. The maximum Gasteiger partial charge on any atom is 0.246 e. The first kappa shape index (κ1) is 33.7. The van der Waals surface area contributed by atoms with E-state index in [1.54, 1.807) is 11.3 Å². The molecule has 2 heterocycles. The van der Waals surface area contributed by atoms with E-state index in [0.29, 0.717) is 6.42 Å². The number of thiazole rings is 1. The zero-order valence-corrected chi connectivity index (χ0v) is 26.9. The summed E-state index contributed by atoms with van der Waals surface area (Å²) in [5.74, 6) is -0.817. The lowest BCUT2D eigenvalue weighted by atomic mass is 9.85. The van der Waals surface area contributed by atoms with E-state index in [0.717, 1.165) is 60.5 Å². The number of hydrogen-bond acceptors (Lipinski definition) is 7. The van der Waals surface area contributed by atoms with Crippen LogP contribution in [0.4, 0.5) is 0 Å². The molecule has 42 heavy (non-hydrogen) atoms. The van der Waals surface area contributed by atoms with E-state index in [2.05, 4.69) is 27.9 Å². The van der Waals surface area contributed by atoms with Crippen LogP contribution in [-0.2, 0) is 14.4 Å². The second-order valence-electron chi connectivity index (χ2n) is 12.4. The van der Waals surface area contributed by atoms with Crippen LogP contribution in [0.25, 0.3) is 10.4 Å². The number of likely N-dealkylation sites (tertiary alicyclic amines) is 1. The average molecular weight is 600 g/mol. The highest BCUT2D eigenvalue weighted by Gasteiger charge is 2.44. The average Bonchev–Trinajstić information content (AvgIpc) is 3.55. The van der Waals surface area contributed by atoms with Gasteiger partial charge in [0.25, 0.3) is 0 Å². The predicted octanol–water partition coefficient (Wildman–Crippen LogP) is 4.35. The highest BCUT2D eigenvalue weighted by molar-refractivity contribution is 7.13. The highest BCUT2D eigenvalue weighted by Crippen LogP contribution is 2.29. The summed E-state index contributed by atoms with van der Waals surface area (Å²) in [5, 5.41) is 19.8. The molecule has 1 aromatic carbocycles. The van der Waals surface area contributed by atoms with Crippen molar-refractivity contribution in [2.75, 3.05) is 19.6 Å². The van der Waals surface area contributed by atoms with E-state index in [-0.39, 0.29) is 36.7 Å². The summed E-state index contributed by atoms with van der Waals surface area (Å²) in [6.07, 6.45) is 3.56. The van der Waals surface area contributed by atoms with Crippen LogP contribution in [0.15, 0.2) is 29.8 Å². The van der Waals surface area contributed by atoms with Gasteiger partial charge in [0, 0.05) is 19.4 Å². The van der Waals surface area contributed by atoms with Crippen LogP contribution in [0.5, 0.6) is 0 Å². The quantitative estimate of drug-likeness (QED) is 0.240. The number of aliphatic hydroxyl groups excluding tert-OH is 1. The predicted molar refractivity (Wildman–Crippen MR) is 168 cm³/mol. The van der Waals surface area contributed by atoms with Crippen LogP contribution >= 0.6 is 11.3 Å². The molecule has 0 bridgehead atoms. The fourth-order valence-electron chi connectivity index (χ4n) is 5.31. The SMILES string of the molecule is CCNCCCCCCC(=O)NC(C(=O)N1CC(O)CC1C(=O)NC(C)c1ccc(-c2scnc2C)cc1)C(C)(C)C. The molecule has 4 N–H and O–H groups in total. The van der Waals surface area contributed by atoms with Crippen molar-refractivity contribution in [3.8, 4) is 10.4 Å². The first-order chi connectivity index (χ1) is 19.9. The van der Waals surface area contributed by atoms with Crippen molar-refractivity contribution in [1.29, 1.82) is 0 Å². The van der Waals surface area contributed by atoms with E-state index in [1.165, 1.54) is 4.90 Å². The van der Waals surface area contributed by atoms with Crippen molar-refractivity contribution < 1.29 is 19.5 Å². The number of carbonyl (C=O) groups excluding carboxylic acids is 3. The summed E-state index contributed by atoms with van der Waals surface area (Å²) in [6.45, 7) is 13.7. The van der Waals surface area contributed by atoms with E-state index >= 15 is 0 Å². The molecule has 1 aliphatic heterocycles. The first-order valence-electron chi connectivity index (χ1n) is 15.2. The van der Waals surface area contributed by atoms with Gasteiger partial charge in [-0.15, -0.1) is 11.3 Å². The van der Waals surface area contributed by atoms with E-state index in [4.69, 9.17) is 0 Å². The smallest absolute Gasteiger partial charge is 0.246 e. The summed E-state index contributed by atoms with van der Waals surface area (Å²) in [5.41, 5.74) is 4.26. The number of nitrogens with zero attached hydrogens (tertiary/aromatic N) is 2. The molecule has 0 radical (unpaired) electrons. The number of benzene rings is 1. The molecule has 0 saturated carbocycles. The van der Waals surface area contributed by atoms with Crippen LogP contribution in [0.3, 0.4) is 0 Å². The lowest BCUT2D eigenvalue weighted by Crippen LogP contribution is -2.57. The Morgan fingerprint density at radius 3 is 2.40 bits per heavy atom. The Morgan fingerprint density at radius 2 is 1.79 bits per heavy atom. The molecule has 1 saturated heterocycles. The maximum atomic E-state index is 13.8. The Balaban J connectivity index is 1.61. The summed E-state index contributed by atoms with van der Waals surface area (Å²) in [4.78, 5) is 47.0. The van der Waals surface area contributed by atoms with E-state index < -0.39 is 23.6 Å². The number of amides is 3. The highest BCUT2D eigenvalue weighted by atomic mass is 32.1. The summed E-state index contributed by atoms with van der Waals surface area (Å²) < 4.78 is 0. The van der Waals surface area contributed by atoms with Crippen molar-refractivity contribution in [2.45, 2.75) is 104 Å². The van der Waals surface area contributed by atoms with E-state index in [1.807, 2.05) is 64.4 Å². The van der Waals surface area contributed by atoms with Crippen LogP contribution in [0.2, 0.25) is 0 Å². The minimum atomic E-state index is -0.812. The van der Waals surface area contributed by atoms with Gasteiger partial charge in [-0.05, 0) is 56.3 Å². The Labute approximate surface area is 254 Å². The van der Waals surface area contributed by atoms with Gasteiger partial charge in [0.2, 0.25) is 17.7 Å². The first-order valence-corrected chi connectivity index (χ1v) is 16.1. The second-order valence-corrected chi connectivity index (χ2v) is 13.3. The molecular formula is C32H49N5O4S. The van der Waals surface area contributed by atoms with Crippen LogP contribution in [0, 0.1) is 12.3 Å². The second kappa shape index (κ2) is 15.6. The van der Waals surface area contributed by atoms with Gasteiger partial charge in [0.05, 0.1) is 28.2 Å². The number of β-amino-alcohol motifs (C(OH)–C–C–N with tert-alkyl or cyclic N) is 1. The van der Waals surface area contributed by atoms with Crippen LogP contribution in [-0.4, -0.2) is 70.5 Å². The van der Waals surface area contributed by atoms with Crippen LogP contribution < -0.4 is 16.0 Å². The van der Waals surface area contributed by atoms with Crippen molar-refractivity contribution in [1.82, 2.24) is 25.8 Å². The standard InChI is InChI=1S/C32H49N5O4S/c1-7-33-17-11-9-8-10-12-27(39)36-29(32(4,5)6)31(41)37-19-25(38)18-26(37)30(40)35-21(2)23-13-15-24(16-14-23)28-22(3)34-20-42-28/h13-16,20-21,25-26,29,33,38H,7-12,17-19H2,1-6H3,(H,35,40)(H,36,39). The molecule has 3 rings (SSSR count). The number of aromatic nitrogens is 1. The van der Waals surface area contributed by atoms with E-state index in [9.17, 15) is 19.5 Å². The minimum Gasteiger partial charge on any atom is -0.391 e. The molecule has 232 valence electrons. The molecule has 0 aliphatic carbocycles. The summed E-state index contributed by atoms with van der Waals surface area (Å²) in [6, 6.07) is 6.10. The number of unbranched alkanes of at least 4 members (excludes halogenated alkanes) is 3. The lowest BCUT2D eigenvalue weighted by molar-refractivity contribution is -0.144. The number of carbonyl (C=O) groups is 3. The van der Waals surface area contributed by atoms with Gasteiger partial charge < -0.3 is 26.0 Å².